The van der Waals surface area contributed by atoms with Gasteiger partial charge in [-0.2, -0.15) is 0 Å². The second-order valence-electron chi connectivity index (χ2n) is 7.13. The Morgan fingerprint density at radius 1 is 0.964 bits per heavy atom. The van der Waals surface area contributed by atoms with Crippen LogP contribution in [0, 0.1) is 6.92 Å². The summed E-state index contributed by atoms with van der Waals surface area (Å²) in [6.07, 6.45) is 1.84. The number of nitrogens with zero attached hydrogens (tertiary/aromatic N) is 3. The van der Waals surface area contributed by atoms with Crippen molar-refractivity contribution in [3.05, 3.63) is 53.9 Å². The Morgan fingerprint density at radius 2 is 1.57 bits per heavy atom. The van der Waals surface area contributed by atoms with Crippen molar-refractivity contribution in [2.24, 2.45) is 0 Å². The predicted octanol–water partition coefficient (Wildman–Crippen LogP) is 2.10. The van der Waals surface area contributed by atoms with E-state index in [9.17, 15) is 9.59 Å². The first-order valence-corrected chi connectivity index (χ1v) is 9.52. The molecule has 0 bridgehead atoms. The molecule has 2 amide bonds. The van der Waals surface area contributed by atoms with Crippen molar-refractivity contribution in [3.8, 4) is 0 Å². The zero-order valence-corrected chi connectivity index (χ0v) is 16.4. The van der Waals surface area contributed by atoms with Crippen molar-refractivity contribution < 1.29 is 9.59 Å². The van der Waals surface area contributed by atoms with Crippen LogP contribution in [-0.4, -0.2) is 59.3 Å². The molecular weight excluding hydrogens is 354 g/mol. The first-order chi connectivity index (χ1) is 13.5. The second-order valence-corrected chi connectivity index (χ2v) is 7.13. The van der Waals surface area contributed by atoms with Gasteiger partial charge in [0.15, 0.2) is 0 Å². The van der Waals surface area contributed by atoms with Gasteiger partial charge in [-0.15, -0.1) is 0 Å². The van der Waals surface area contributed by atoms with Gasteiger partial charge in [-0.1, -0.05) is 6.07 Å². The number of carbonyl (C=O) groups excluding carboxylic acids is 2. The van der Waals surface area contributed by atoms with Crippen LogP contribution in [0.2, 0.25) is 0 Å². The molecular formula is C21H27N5O2. The third kappa shape index (κ3) is 5.87. The molecule has 0 atom stereocenters. The number of rotatable bonds is 6. The molecule has 1 aromatic carbocycles. The summed E-state index contributed by atoms with van der Waals surface area (Å²) < 4.78 is 0. The summed E-state index contributed by atoms with van der Waals surface area (Å²) in [5, 5.41) is 5.62. The minimum atomic E-state index is -0.117. The molecule has 0 unspecified atom stereocenters. The molecule has 2 aromatic rings. The summed E-state index contributed by atoms with van der Waals surface area (Å²) in [7, 11) is 0. The van der Waals surface area contributed by atoms with Crippen molar-refractivity contribution >= 4 is 23.2 Å². The van der Waals surface area contributed by atoms with E-state index in [1.807, 2.05) is 12.3 Å². The molecule has 0 saturated carbocycles. The molecule has 1 aliphatic rings. The average Bonchev–Trinajstić information content (AvgIpc) is 2.66. The lowest BCUT2D eigenvalue weighted by Crippen LogP contribution is -2.48. The fraction of sp³-hybridized carbons (Fsp3) is 0.381. The Kier molecular flexibility index (Phi) is 6.73. The van der Waals surface area contributed by atoms with Crippen LogP contribution >= 0.6 is 0 Å². The lowest BCUT2D eigenvalue weighted by molar-refractivity contribution is -0.117. The number of anilines is 2. The maximum atomic E-state index is 12.3. The van der Waals surface area contributed by atoms with E-state index >= 15 is 0 Å². The molecule has 0 spiro atoms. The summed E-state index contributed by atoms with van der Waals surface area (Å²) >= 11 is 0. The summed E-state index contributed by atoms with van der Waals surface area (Å²) in [5.41, 5.74) is 3.78. The number of hydrogen-bond donors (Lipinski definition) is 2. The van der Waals surface area contributed by atoms with E-state index in [4.69, 9.17) is 0 Å². The van der Waals surface area contributed by atoms with Crippen molar-refractivity contribution in [1.29, 1.82) is 0 Å². The van der Waals surface area contributed by atoms with Crippen LogP contribution in [0.25, 0.3) is 0 Å². The van der Waals surface area contributed by atoms with Crippen LogP contribution < -0.4 is 10.6 Å². The highest BCUT2D eigenvalue weighted by Gasteiger charge is 2.19. The largest absolute Gasteiger partial charge is 0.326 e. The van der Waals surface area contributed by atoms with Gasteiger partial charge in [-0.3, -0.25) is 24.4 Å². The second kappa shape index (κ2) is 9.43. The van der Waals surface area contributed by atoms with Crippen LogP contribution in [0.15, 0.2) is 42.6 Å². The summed E-state index contributed by atoms with van der Waals surface area (Å²) in [6, 6.07) is 11.2. The van der Waals surface area contributed by atoms with Gasteiger partial charge in [0.25, 0.3) is 0 Å². The molecule has 2 heterocycles. The normalized spacial score (nSPS) is 15.2. The topological polar surface area (TPSA) is 77.6 Å². The molecule has 3 rings (SSSR count). The van der Waals surface area contributed by atoms with Gasteiger partial charge in [-0.05, 0) is 42.8 Å². The molecule has 1 aliphatic heterocycles. The van der Waals surface area contributed by atoms with Crippen molar-refractivity contribution in [2.75, 3.05) is 43.4 Å². The van der Waals surface area contributed by atoms with E-state index in [0.717, 1.165) is 44.1 Å². The Balaban J connectivity index is 1.42. The molecule has 1 fully saturated rings. The third-order valence-electron chi connectivity index (χ3n) is 4.81. The summed E-state index contributed by atoms with van der Waals surface area (Å²) in [6.45, 7) is 8.36. The van der Waals surface area contributed by atoms with Gasteiger partial charge >= 0.3 is 0 Å². The number of nitrogens with one attached hydrogen (secondary N) is 2. The molecule has 7 nitrogen and oxygen atoms in total. The minimum Gasteiger partial charge on any atom is -0.326 e. The lowest BCUT2D eigenvalue weighted by atomic mass is 10.2. The lowest BCUT2D eigenvalue weighted by Gasteiger charge is -2.34. The van der Waals surface area contributed by atoms with E-state index in [-0.39, 0.29) is 11.8 Å². The number of piperazine rings is 1. The van der Waals surface area contributed by atoms with Crippen LogP contribution in [-0.2, 0) is 16.1 Å². The highest BCUT2D eigenvalue weighted by atomic mass is 16.2. The van der Waals surface area contributed by atoms with E-state index in [2.05, 4.69) is 38.4 Å². The number of pyridine rings is 1. The quantitative estimate of drug-likeness (QED) is 0.801. The molecule has 1 saturated heterocycles. The van der Waals surface area contributed by atoms with Gasteiger partial charge in [0.1, 0.15) is 0 Å². The Bertz CT molecular complexity index is 814. The van der Waals surface area contributed by atoms with Crippen LogP contribution in [0.3, 0.4) is 0 Å². The van der Waals surface area contributed by atoms with Crippen molar-refractivity contribution in [1.82, 2.24) is 14.8 Å². The molecule has 28 heavy (non-hydrogen) atoms. The van der Waals surface area contributed by atoms with Gasteiger partial charge in [0.2, 0.25) is 11.8 Å². The maximum Gasteiger partial charge on any atom is 0.238 e. The number of hydrogen-bond acceptors (Lipinski definition) is 5. The fourth-order valence-electron chi connectivity index (χ4n) is 3.25. The number of aromatic nitrogens is 1. The zero-order chi connectivity index (χ0) is 19.9. The van der Waals surface area contributed by atoms with Gasteiger partial charge in [0.05, 0.1) is 12.2 Å². The molecule has 148 valence electrons. The number of carbonyl (C=O) groups is 2. The van der Waals surface area contributed by atoms with E-state index in [1.165, 1.54) is 12.5 Å². The molecule has 2 N–H and O–H groups in total. The van der Waals surface area contributed by atoms with E-state index in [1.54, 1.807) is 24.3 Å². The smallest absolute Gasteiger partial charge is 0.238 e. The van der Waals surface area contributed by atoms with E-state index in [0.29, 0.717) is 12.2 Å². The first-order valence-electron chi connectivity index (χ1n) is 9.52. The number of aryl methyl sites for hydroxylation is 1. The van der Waals surface area contributed by atoms with E-state index < -0.39 is 0 Å². The first kappa shape index (κ1) is 20.0. The zero-order valence-electron chi connectivity index (χ0n) is 16.4. The third-order valence-corrected chi connectivity index (χ3v) is 4.81. The number of amides is 2. The molecule has 7 heteroatoms. The number of benzene rings is 1. The molecule has 0 aliphatic carbocycles. The van der Waals surface area contributed by atoms with Crippen LogP contribution in [0.4, 0.5) is 11.4 Å². The van der Waals surface area contributed by atoms with Crippen LogP contribution in [0.5, 0.6) is 0 Å². The predicted molar refractivity (Wildman–Crippen MR) is 110 cm³/mol. The Morgan fingerprint density at radius 3 is 2.18 bits per heavy atom. The standard InChI is InChI=1S/C21H27N5O2/c1-16-4-3-9-22-20(16)14-25-10-12-26(13-11-25)15-21(28)24-19-7-5-18(6-8-19)23-17(2)27/h3-9H,10-15H2,1-2H3,(H,23,27)(H,24,28). The van der Waals surface area contributed by atoms with Crippen molar-refractivity contribution in [2.45, 2.75) is 20.4 Å². The van der Waals surface area contributed by atoms with Gasteiger partial charge < -0.3 is 10.6 Å². The Labute approximate surface area is 165 Å². The maximum absolute atomic E-state index is 12.3. The Hall–Kier alpha value is -2.77. The SMILES string of the molecule is CC(=O)Nc1ccc(NC(=O)CN2CCN(Cc3ncccc3C)CC2)cc1. The highest BCUT2D eigenvalue weighted by molar-refractivity contribution is 5.93. The molecule has 1 aromatic heterocycles. The highest BCUT2D eigenvalue weighted by Crippen LogP contribution is 2.14. The fourth-order valence-corrected chi connectivity index (χ4v) is 3.25. The summed E-state index contributed by atoms with van der Waals surface area (Å²) in [5.74, 6) is -0.143. The monoisotopic (exact) mass is 381 g/mol. The molecule has 0 radical (unpaired) electrons. The van der Waals surface area contributed by atoms with Gasteiger partial charge in [-0.25, -0.2) is 0 Å². The minimum absolute atomic E-state index is 0.0266. The van der Waals surface area contributed by atoms with Crippen molar-refractivity contribution in [3.63, 3.8) is 0 Å². The average molecular weight is 381 g/mol. The van der Waals surface area contributed by atoms with Crippen LogP contribution in [0.1, 0.15) is 18.2 Å². The summed E-state index contributed by atoms with van der Waals surface area (Å²) in [4.78, 5) is 32.4. The van der Waals surface area contributed by atoms with Gasteiger partial charge in [0, 0.05) is 57.2 Å².